The van der Waals surface area contributed by atoms with Gasteiger partial charge in [0.1, 0.15) is 11.7 Å². The first-order chi connectivity index (χ1) is 14.2. The highest BCUT2D eigenvalue weighted by Crippen LogP contribution is 2.49. The summed E-state index contributed by atoms with van der Waals surface area (Å²) in [6, 6.07) is 6.02. The van der Waals surface area contributed by atoms with Gasteiger partial charge in [-0.2, -0.15) is 5.10 Å². The van der Waals surface area contributed by atoms with E-state index in [1.807, 2.05) is 13.8 Å². The summed E-state index contributed by atoms with van der Waals surface area (Å²) in [6.45, 7) is 5.88. The van der Waals surface area contributed by atoms with E-state index in [1.165, 1.54) is 19.2 Å². The van der Waals surface area contributed by atoms with Crippen molar-refractivity contribution in [2.24, 2.45) is 16.3 Å². The molecule has 156 valence electrons. The molecule has 6 nitrogen and oxygen atoms in total. The number of Topliss-reactive ketones (excluding diaryl/α,β-unsaturated/α-hetero) is 1. The van der Waals surface area contributed by atoms with E-state index in [2.05, 4.69) is 15.2 Å². The Balaban J connectivity index is 1.91. The maximum atomic E-state index is 13.4. The Bertz CT molecular complexity index is 1080. The lowest BCUT2D eigenvalue weighted by Crippen LogP contribution is -2.39. The molecule has 2 aromatic rings. The van der Waals surface area contributed by atoms with Gasteiger partial charge in [-0.25, -0.2) is 4.39 Å². The van der Waals surface area contributed by atoms with Crippen LogP contribution in [0.4, 0.5) is 4.39 Å². The van der Waals surface area contributed by atoms with Gasteiger partial charge < -0.3 is 4.74 Å². The van der Waals surface area contributed by atoms with E-state index in [0.29, 0.717) is 35.4 Å². The zero-order valence-corrected chi connectivity index (χ0v) is 17.5. The van der Waals surface area contributed by atoms with E-state index in [4.69, 9.17) is 4.74 Å². The Labute approximate surface area is 174 Å². The van der Waals surface area contributed by atoms with Gasteiger partial charge in [0.25, 0.3) is 0 Å². The van der Waals surface area contributed by atoms with Crippen molar-refractivity contribution < 1.29 is 18.7 Å². The summed E-state index contributed by atoms with van der Waals surface area (Å²) in [6.07, 6.45) is 2.67. The monoisotopic (exact) mass is 409 g/mol. The largest absolute Gasteiger partial charge is 0.468 e. The molecule has 1 aromatic heterocycles. The summed E-state index contributed by atoms with van der Waals surface area (Å²) in [5.41, 5.74) is 3.77. The molecule has 0 radical (unpaired) electrons. The minimum atomic E-state index is -0.726. The lowest BCUT2D eigenvalue weighted by Gasteiger charge is -2.38. The molecule has 7 heteroatoms. The quantitative estimate of drug-likeness (QED) is 0.770. The molecule has 30 heavy (non-hydrogen) atoms. The molecule has 4 rings (SSSR count). The molecule has 0 bridgehead atoms. The van der Waals surface area contributed by atoms with Crippen LogP contribution in [0.15, 0.2) is 46.7 Å². The Hall–Kier alpha value is -3.09. The van der Waals surface area contributed by atoms with Crippen molar-refractivity contribution in [3.63, 3.8) is 0 Å². The predicted molar refractivity (Wildman–Crippen MR) is 110 cm³/mol. The fourth-order valence-electron chi connectivity index (χ4n) is 4.59. The molecule has 0 spiro atoms. The van der Waals surface area contributed by atoms with Crippen LogP contribution >= 0.6 is 0 Å². The molecular formula is C23H24FN3O3. The summed E-state index contributed by atoms with van der Waals surface area (Å²) in [5, 5.41) is 7.15. The van der Waals surface area contributed by atoms with Gasteiger partial charge in [0, 0.05) is 40.4 Å². The molecule has 1 aromatic carbocycles. The number of carbonyl (C=O) groups is 2. The van der Waals surface area contributed by atoms with Gasteiger partial charge >= 0.3 is 5.97 Å². The summed E-state index contributed by atoms with van der Waals surface area (Å²) < 4.78 is 18.5. The highest BCUT2D eigenvalue weighted by molar-refractivity contribution is 6.09. The number of esters is 1. The van der Waals surface area contributed by atoms with Crippen LogP contribution in [0, 0.1) is 17.2 Å². The number of allylic oxidation sites excluding steroid dienone is 2. The second kappa shape index (κ2) is 7.31. The molecule has 0 amide bonds. The normalized spacial score (nSPS) is 23.1. The number of aromatic amines is 1. The first-order valence-corrected chi connectivity index (χ1v) is 9.90. The Morgan fingerprint density at radius 1 is 1.23 bits per heavy atom. The van der Waals surface area contributed by atoms with E-state index < -0.39 is 17.8 Å². The van der Waals surface area contributed by atoms with Crippen LogP contribution in [0.3, 0.4) is 0 Å². The Morgan fingerprint density at radius 2 is 1.93 bits per heavy atom. The zero-order chi connectivity index (χ0) is 21.6. The first-order valence-electron chi connectivity index (χ1n) is 9.90. The molecule has 2 atom stereocenters. The maximum Gasteiger partial charge on any atom is 0.315 e. The predicted octanol–water partition coefficient (Wildman–Crippen LogP) is 4.21. The summed E-state index contributed by atoms with van der Waals surface area (Å²) >= 11 is 0. The number of methoxy groups -OCH3 is 1. The second-order valence-corrected chi connectivity index (χ2v) is 8.74. The van der Waals surface area contributed by atoms with Crippen molar-refractivity contribution in [1.82, 2.24) is 10.2 Å². The van der Waals surface area contributed by atoms with Crippen LogP contribution in [0.1, 0.15) is 45.1 Å². The molecule has 2 heterocycles. The number of halogens is 1. The number of ketones is 1. The number of nitrogens with one attached hydrogen (secondary N) is 1. The molecule has 0 fully saturated rings. The van der Waals surface area contributed by atoms with Crippen molar-refractivity contribution in [1.29, 1.82) is 0 Å². The van der Waals surface area contributed by atoms with Crippen molar-refractivity contribution in [3.05, 3.63) is 53.1 Å². The van der Waals surface area contributed by atoms with E-state index >= 15 is 0 Å². The van der Waals surface area contributed by atoms with E-state index in [9.17, 15) is 14.0 Å². The number of carbonyl (C=O) groups excluding carboxylic acids is 2. The highest BCUT2D eigenvalue weighted by Gasteiger charge is 2.47. The van der Waals surface area contributed by atoms with Crippen LogP contribution in [-0.4, -0.2) is 34.8 Å². The average Bonchev–Trinajstić information content (AvgIpc) is 3.15. The van der Waals surface area contributed by atoms with Crippen LogP contribution in [-0.2, 0) is 14.3 Å². The molecule has 1 aliphatic heterocycles. The maximum absolute atomic E-state index is 13.4. The van der Waals surface area contributed by atoms with Crippen molar-refractivity contribution >= 4 is 17.5 Å². The second-order valence-electron chi connectivity index (χ2n) is 8.74. The average molecular weight is 409 g/mol. The standard InChI is InChI=1S/C23H24FN3O3/c1-12-18(22(29)30-4)19(20-16(26-12)9-23(2,3)10-17(20)28)15-11-25-27-21(15)13-5-7-14(24)8-6-13/h5-8,11,18-19H,9-10H2,1-4H3,(H,25,27)/t18?,19-/m1/s1. The number of aliphatic imine (C=N–C) groups is 1. The molecule has 2 aliphatic rings. The van der Waals surface area contributed by atoms with Gasteiger partial charge in [-0.05, 0) is 43.0 Å². The number of benzene rings is 1. The number of hydrogen-bond donors (Lipinski definition) is 1. The van der Waals surface area contributed by atoms with E-state index in [0.717, 1.165) is 11.3 Å². The fourth-order valence-corrected chi connectivity index (χ4v) is 4.59. The van der Waals surface area contributed by atoms with Crippen LogP contribution in [0.25, 0.3) is 11.3 Å². The van der Waals surface area contributed by atoms with Gasteiger partial charge in [-0.3, -0.25) is 19.7 Å². The molecule has 1 N–H and O–H groups in total. The third-order valence-electron chi connectivity index (χ3n) is 5.89. The van der Waals surface area contributed by atoms with Crippen LogP contribution in [0.2, 0.25) is 0 Å². The summed E-state index contributed by atoms with van der Waals surface area (Å²) in [4.78, 5) is 30.7. The molecule has 0 saturated heterocycles. The number of rotatable bonds is 3. The van der Waals surface area contributed by atoms with E-state index in [-0.39, 0.29) is 17.0 Å². The SMILES string of the molecule is COC(=O)C1C(C)=NC2=C(C(=O)CC(C)(C)C2)[C@@H]1c1cn[nH]c1-c1ccc(F)cc1. The number of hydrogen-bond acceptors (Lipinski definition) is 5. The molecule has 1 aliphatic carbocycles. The fraction of sp³-hybridized carbons (Fsp3) is 0.391. The minimum Gasteiger partial charge on any atom is -0.468 e. The number of H-pyrrole nitrogens is 1. The van der Waals surface area contributed by atoms with Gasteiger partial charge in [-0.1, -0.05) is 13.8 Å². The van der Waals surface area contributed by atoms with Crippen LogP contribution < -0.4 is 0 Å². The van der Waals surface area contributed by atoms with Crippen molar-refractivity contribution in [2.45, 2.75) is 39.5 Å². The van der Waals surface area contributed by atoms with Gasteiger partial charge in [0.15, 0.2) is 5.78 Å². The van der Waals surface area contributed by atoms with Crippen molar-refractivity contribution in [2.75, 3.05) is 7.11 Å². The number of ether oxygens (including phenoxy) is 1. The molecule has 1 unspecified atom stereocenters. The lowest BCUT2D eigenvalue weighted by atomic mass is 9.66. The van der Waals surface area contributed by atoms with Crippen molar-refractivity contribution in [3.8, 4) is 11.3 Å². The molecular weight excluding hydrogens is 385 g/mol. The van der Waals surface area contributed by atoms with E-state index in [1.54, 1.807) is 25.3 Å². The smallest absolute Gasteiger partial charge is 0.315 e. The highest BCUT2D eigenvalue weighted by atomic mass is 19.1. The zero-order valence-electron chi connectivity index (χ0n) is 17.5. The third kappa shape index (κ3) is 3.38. The Morgan fingerprint density at radius 3 is 2.60 bits per heavy atom. The first kappa shape index (κ1) is 20.2. The van der Waals surface area contributed by atoms with Gasteiger partial charge in [0.05, 0.1) is 19.0 Å². The topological polar surface area (TPSA) is 84.4 Å². The number of aromatic nitrogens is 2. The van der Waals surface area contributed by atoms with Gasteiger partial charge in [0.2, 0.25) is 0 Å². The molecule has 0 saturated carbocycles. The van der Waals surface area contributed by atoms with Crippen LogP contribution in [0.5, 0.6) is 0 Å². The minimum absolute atomic E-state index is 0.0114. The summed E-state index contributed by atoms with van der Waals surface area (Å²) in [7, 11) is 1.33. The third-order valence-corrected chi connectivity index (χ3v) is 5.89. The number of nitrogens with zero attached hydrogens (tertiary/aromatic N) is 2. The summed E-state index contributed by atoms with van der Waals surface area (Å²) in [5.74, 6) is -2.09. The lowest BCUT2D eigenvalue weighted by molar-refractivity contribution is -0.143. The van der Waals surface area contributed by atoms with Gasteiger partial charge in [-0.15, -0.1) is 0 Å². The Kier molecular flexibility index (Phi) is 4.92.